The van der Waals surface area contributed by atoms with Gasteiger partial charge in [0, 0.05) is 25.2 Å². The van der Waals surface area contributed by atoms with E-state index >= 15 is 0 Å². The Morgan fingerprint density at radius 3 is 3.05 bits per heavy atom. The Morgan fingerprint density at radius 2 is 2.20 bits per heavy atom. The SMILES string of the molecule is CC1(C)CCCCC1NCCc1nnc2ccccn12. The van der Waals surface area contributed by atoms with E-state index in [1.807, 2.05) is 24.4 Å². The molecule has 108 valence electrons. The highest BCUT2D eigenvalue weighted by atomic mass is 15.2. The van der Waals surface area contributed by atoms with Gasteiger partial charge < -0.3 is 5.32 Å². The number of pyridine rings is 1. The highest BCUT2D eigenvalue weighted by molar-refractivity contribution is 5.36. The second-order valence-electron chi connectivity index (χ2n) is 6.54. The summed E-state index contributed by atoms with van der Waals surface area (Å²) < 4.78 is 2.08. The van der Waals surface area contributed by atoms with Crippen molar-refractivity contribution < 1.29 is 0 Å². The van der Waals surface area contributed by atoms with Crippen molar-refractivity contribution in [1.29, 1.82) is 0 Å². The van der Waals surface area contributed by atoms with E-state index in [1.54, 1.807) is 0 Å². The van der Waals surface area contributed by atoms with Gasteiger partial charge in [0.25, 0.3) is 0 Å². The lowest BCUT2D eigenvalue weighted by molar-refractivity contribution is 0.168. The summed E-state index contributed by atoms with van der Waals surface area (Å²) in [6, 6.07) is 6.65. The molecule has 0 aliphatic heterocycles. The third-order valence-electron chi connectivity index (χ3n) is 4.63. The first-order valence-corrected chi connectivity index (χ1v) is 7.69. The summed E-state index contributed by atoms with van der Waals surface area (Å²) in [5.74, 6) is 1.04. The molecule has 0 spiro atoms. The smallest absolute Gasteiger partial charge is 0.160 e. The quantitative estimate of drug-likeness (QED) is 0.930. The molecule has 0 amide bonds. The van der Waals surface area contributed by atoms with Crippen LogP contribution in [0.2, 0.25) is 0 Å². The zero-order valence-corrected chi connectivity index (χ0v) is 12.5. The van der Waals surface area contributed by atoms with Crippen molar-refractivity contribution in [2.24, 2.45) is 5.41 Å². The number of nitrogens with zero attached hydrogens (tertiary/aromatic N) is 3. The average molecular weight is 272 g/mol. The van der Waals surface area contributed by atoms with E-state index in [1.165, 1.54) is 25.7 Å². The van der Waals surface area contributed by atoms with Gasteiger partial charge in [-0.2, -0.15) is 0 Å². The Bertz CT molecular complexity index is 573. The van der Waals surface area contributed by atoms with Crippen LogP contribution in [0.15, 0.2) is 24.4 Å². The lowest BCUT2D eigenvalue weighted by Gasteiger charge is -2.39. The fourth-order valence-corrected chi connectivity index (χ4v) is 3.29. The summed E-state index contributed by atoms with van der Waals surface area (Å²) in [5, 5.41) is 12.2. The van der Waals surface area contributed by atoms with Crippen molar-refractivity contribution in [2.75, 3.05) is 6.54 Å². The van der Waals surface area contributed by atoms with Gasteiger partial charge in [-0.15, -0.1) is 10.2 Å². The summed E-state index contributed by atoms with van der Waals surface area (Å²) in [5.41, 5.74) is 1.35. The molecule has 1 saturated carbocycles. The Balaban J connectivity index is 1.60. The van der Waals surface area contributed by atoms with Gasteiger partial charge in [-0.05, 0) is 30.4 Å². The molecule has 3 rings (SSSR count). The lowest BCUT2D eigenvalue weighted by Crippen LogP contribution is -2.44. The fraction of sp³-hybridized carbons (Fsp3) is 0.625. The molecule has 1 unspecified atom stereocenters. The predicted molar refractivity (Wildman–Crippen MR) is 80.7 cm³/mol. The summed E-state index contributed by atoms with van der Waals surface area (Å²) in [4.78, 5) is 0. The maximum atomic E-state index is 4.29. The minimum absolute atomic E-state index is 0.422. The summed E-state index contributed by atoms with van der Waals surface area (Å²) >= 11 is 0. The number of hydrogen-bond acceptors (Lipinski definition) is 3. The van der Waals surface area contributed by atoms with Gasteiger partial charge in [-0.25, -0.2) is 0 Å². The van der Waals surface area contributed by atoms with Crippen LogP contribution in [-0.4, -0.2) is 27.2 Å². The topological polar surface area (TPSA) is 42.2 Å². The minimum atomic E-state index is 0.422. The number of rotatable bonds is 4. The molecule has 0 aromatic carbocycles. The van der Waals surface area contributed by atoms with E-state index in [4.69, 9.17) is 0 Å². The first-order chi connectivity index (χ1) is 9.67. The van der Waals surface area contributed by atoms with Crippen molar-refractivity contribution in [3.63, 3.8) is 0 Å². The first-order valence-electron chi connectivity index (χ1n) is 7.69. The third-order valence-corrected chi connectivity index (χ3v) is 4.63. The molecule has 1 aliphatic rings. The van der Waals surface area contributed by atoms with E-state index in [-0.39, 0.29) is 0 Å². The van der Waals surface area contributed by atoms with Crippen LogP contribution in [0, 0.1) is 5.41 Å². The van der Waals surface area contributed by atoms with Crippen LogP contribution < -0.4 is 5.32 Å². The van der Waals surface area contributed by atoms with E-state index in [9.17, 15) is 0 Å². The van der Waals surface area contributed by atoms with Crippen LogP contribution in [-0.2, 0) is 6.42 Å². The van der Waals surface area contributed by atoms with Gasteiger partial charge in [0.1, 0.15) is 5.82 Å². The van der Waals surface area contributed by atoms with Crippen LogP contribution in [0.4, 0.5) is 0 Å². The zero-order valence-electron chi connectivity index (χ0n) is 12.5. The van der Waals surface area contributed by atoms with Crippen LogP contribution in [0.1, 0.15) is 45.4 Å². The average Bonchev–Trinajstić information content (AvgIpc) is 2.84. The van der Waals surface area contributed by atoms with E-state index in [0.717, 1.165) is 24.4 Å². The molecule has 20 heavy (non-hydrogen) atoms. The summed E-state index contributed by atoms with van der Waals surface area (Å²) in [6.07, 6.45) is 8.33. The van der Waals surface area contributed by atoms with Crippen LogP contribution >= 0.6 is 0 Å². The molecule has 4 nitrogen and oxygen atoms in total. The molecule has 2 aromatic rings. The van der Waals surface area contributed by atoms with Crippen LogP contribution in [0.5, 0.6) is 0 Å². The molecule has 0 radical (unpaired) electrons. The Morgan fingerprint density at radius 1 is 1.30 bits per heavy atom. The minimum Gasteiger partial charge on any atom is -0.313 e. The van der Waals surface area contributed by atoms with Crippen LogP contribution in [0.3, 0.4) is 0 Å². The molecule has 2 aromatic heterocycles. The summed E-state index contributed by atoms with van der Waals surface area (Å²) in [7, 11) is 0. The number of hydrogen-bond donors (Lipinski definition) is 1. The first kappa shape index (κ1) is 13.6. The molecule has 1 atom stereocenters. The molecule has 0 bridgehead atoms. The second kappa shape index (κ2) is 5.52. The monoisotopic (exact) mass is 272 g/mol. The molecule has 0 saturated heterocycles. The Hall–Kier alpha value is -1.42. The number of aromatic nitrogens is 3. The van der Waals surface area contributed by atoms with Gasteiger partial charge in [0.2, 0.25) is 0 Å². The normalized spacial score (nSPS) is 22.2. The van der Waals surface area contributed by atoms with Crippen molar-refractivity contribution in [1.82, 2.24) is 19.9 Å². The largest absolute Gasteiger partial charge is 0.313 e. The zero-order chi connectivity index (χ0) is 14.0. The lowest BCUT2D eigenvalue weighted by atomic mass is 9.73. The van der Waals surface area contributed by atoms with Gasteiger partial charge in [0.15, 0.2) is 5.65 Å². The molecule has 1 N–H and O–H groups in total. The Labute approximate surface area is 120 Å². The molecular formula is C16H24N4. The maximum absolute atomic E-state index is 4.29. The molecule has 4 heteroatoms. The van der Waals surface area contributed by atoms with Crippen LogP contribution in [0.25, 0.3) is 5.65 Å². The molecular weight excluding hydrogens is 248 g/mol. The van der Waals surface area contributed by atoms with Crippen molar-refractivity contribution in [3.05, 3.63) is 30.2 Å². The van der Waals surface area contributed by atoms with Crippen molar-refractivity contribution >= 4 is 5.65 Å². The fourth-order valence-electron chi connectivity index (χ4n) is 3.29. The van der Waals surface area contributed by atoms with Gasteiger partial charge in [-0.3, -0.25) is 4.40 Å². The van der Waals surface area contributed by atoms with Crippen molar-refractivity contribution in [3.8, 4) is 0 Å². The van der Waals surface area contributed by atoms with Crippen molar-refractivity contribution in [2.45, 2.75) is 52.0 Å². The molecule has 2 heterocycles. The highest BCUT2D eigenvalue weighted by Crippen LogP contribution is 2.35. The van der Waals surface area contributed by atoms with E-state index in [0.29, 0.717) is 11.5 Å². The van der Waals surface area contributed by atoms with E-state index in [2.05, 4.69) is 33.8 Å². The highest BCUT2D eigenvalue weighted by Gasteiger charge is 2.31. The van der Waals surface area contributed by atoms with Gasteiger partial charge in [-0.1, -0.05) is 32.8 Å². The Kier molecular flexibility index (Phi) is 3.74. The molecule has 1 fully saturated rings. The molecule has 1 aliphatic carbocycles. The third kappa shape index (κ3) is 2.70. The van der Waals surface area contributed by atoms with Gasteiger partial charge in [0.05, 0.1) is 0 Å². The maximum Gasteiger partial charge on any atom is 0.160 e. The summed E-state index contributed by atoms with van der Waals surface area (Å²) in [6.45, 7) is 5.75. The standard InChI is InChI=1S/C16H24N4/c1-16(2)10-5-3-7-13(16)17-11-9-15-19-18-14-8-4-6-12-20(14)15/h4,6,8,12-13,17H,3,5,7,9-11H2,1-2H3. The number of fused-ring (bicyclic) bond motifs is 1. The predicted octanol–water partition coefficient (Wildman–Crippen LogP) is 2.83. The van der Waals surface area contributed by atoms with E-state index < -0.39 is 0 Å². The number of nitrogens with one attached hydrogen (secondary N) is 1. The van der Waals surface area contributed by atoms with Gasteiger partial charge >= 0.3 is 0 Å². The second-order valence-corrected chi connectivity index (χ2v) is 6.54.